The van der Waals surface area contributed by atoms with Crippen LogP contribution in [-0.4, -0.2) is 22.9 Å². The maximum atomic E-state index is 12.6. The van der Waals surface area contributed by atoms with E-state index in [1.807, 2.05) is 73.1 Å². The second kappa shape index (κ2) is 8.29. The van der Waals surface area contributed by atoms with E-state index in [1.165, 1.54) is 7.11 Å². The minimum Gasteiger partial charge on any atom is -0.465 e. The zero-order valence-corrected chi connectivity index (χ0v) is 17.6. The Kier molecular flexibility index (Phi) is 5.38. The van der Waals surface area contributed by atoms with Crippen LogP contribution < -0.4 is 0 Å². The highest BCUT2D eigenvalue weighted by molar-refractivity contribution is 6.02. The zero-order valence-electron chi connectivity index (χ0n) is 17.6. The molecular formula is C26H21N3O2. The smallest absolute Gasteiger partial charge is 0.338 e. The predicted octanol–water partition coefficient (Wildman–Crippen LogP) is 5.48. The van der Waals surface area contributed by atoms with Crippen LogP contribution >= 0.6 is 0 Å². The number of benzene rings is 3. The first kappa shape index (κ1) is 20.1. The fourth-order valence-corrected chi connectivity index (χ4v) is 3.92. The summed E-state index contributed by atoms with van der Waals surface area (Å²) in [6, 6.07) is 24.9. The third-order valence-electron chi connectivity index (χ3n) is 5.33. The summed E-state index contributed by atoms with van der Waals surface area (Å²) in [7, 11) is 1.39. The second-order valence-corrected chi connectivity index (χ2v) is 7.20. The van der Waals surface area contributed by atoms with Crippen LogP contribution in [0, 0.1) is 25.2 Å². The maximum absolute atomic E-state index is 12.6. The Balaban J connectivity index is 1.96. The van der Waals surface area contributed by atoms with Gasteiger partial charge in [0.1, 0.15) is 0 Å². The lowest BCUT2D eigenvalue weighted by atomic mass is 9.89. The summed E-state index contributed by atoms with van der Waals surface area (Å²) in [4.78, 5) is 12.6. The Bertz CT molecular complexity index is 1300. The van der Waals surface area contributed by atoms with Crippen LogP contribution in [0.1, 0.15) is 27.3 Å². The van der Waals surface area contributed by atoms with Crippen molar-refractivity contribution >= 4 is 5.97 Å². The molecule has 3 aromatic carbocycles. The van der Waals surface area contributed by atoms with Gasteiger partial charge in [0, 0.05) is 16.8 Å². The molecule has 0 fully saturated rings. The van der Waals surface area contributed by atoms with E-state index in [2.05, 4.69) is 6.07 Å². The number of aromatic nitrogens is 2. The van der Waals surface area contributed by atoms with Gasteiger partial charge in [-0.25, -0.2) is 9.48 Å². The Morgan fingerprint density at radius 2 is 1.65 bits per heavy atom. The lowest BCUT2D eigenvalue weighted by molar-refractivity contribution is 0.0601. The summed E-state index contributed by atoms with van der Waals surface area (Å²) in [5.74, 6) is -0.379. The Morgan fingerprint density at radius 3 is 2.29 bits per heavy atom. The Morgan fingerprint density at radius 1 is 0.935 bits per heavy atom. The van der Waals surface area contributed by atoms with Crippen molar-refractivity contribution in [1.29, 1.82) is 5.26 Å². The van der Waals surface area contributed by atoms with Gasteiger partial charge in [0.25, 0.3) is 0 Å². The van der Waals surface area contributed by atoms with E-state index in [1.54, 1.807) is 18.2 Å². The number of carbonyl (C=O) groups is 1. The first-order valence-corrected chi connectivity index (χ1v) is 9.89. The zero-order chi connectivity index (χ0) is 22.0. The van der Waals surface area contributed by atoms with Crippen LogP contribution in [-0.2, 0) is 4.74 Å². The van der Waals surface area contributed by atoms with Crippen LogP contribution in [0.25, 0.3) is 27.9 Å². The molecule has 0 amide bonds. The van der Waals surface area contributed by atoms with Gasteiger partial charge >= 0.3 is 5.97 Å². The SMILES string of the molecule is COC(=O)c1cccc(-c2c(C)nn(-c3ccc(C#N)cc3)c2C)c1-c1ccccc1. The van der Waals surface area contributed by atoms with Crippen molar-refractivity contribution in [1.82, 2.24) is 9.78 Å². The Hall–Kier alpha value is -4.17. The first-order chi connectivity index (χ1) is 15.0. The van der Waals surface area contributed by atoms with Gasteiger partial charge in [-0.05, 0) is 55.3 Å². The van der Waals surface area contributed by atoms with Gasteiger partial charge in [-0.3, -0.25) is 0 Å². The number of hydrogen-bond donors (Lipinski definition) is 0. The van der Waals surface area contributed by atoms with Gasteiger partial charge in [0.05, 0.1) is 35.7 Å². The molecule has 0 atom stereocenters. The number of aryl methyl sites for hydroxylation is 1. The molecule has 0 aliphatic heterocycles. The summed E-state index contributed by atoms with van der Waals surface area (Å²) in [6.45, 7) is 3.97. The molecule has 5 nitrogen and oxygen atoms in total. The number of esters is 1. The molecule has 4 aromatic rings. The average molecular weight is 407 g/mol. The van der Waals surface area contributed by atoms with E-state index < -0.39 is 0 Å². The molecule has 5 heteroatoms. The number of rotatable bonds is 4. The van der Waals surface area contributed by atoms with E-state index >= 15 is 0 Å². The van der Waals surface area contributed by atoms with E-state index in [0.717, 1.165) is 39.3 Å². The van der Waals surface area contributed by atoms with Gasteiger partial charge in [-0.15, -0.1) is 0 Å². The standard InChI is InChI=1S/C26H21N3O2/c1-17-24(18(2)29(28-17)21-14-12-19(16-27)13-15-21)22-10-7-11-23(26(30)31-3)25(22)20-8-5-4-6-9-20/h4-15H,1-3H3. The molecule has 0 N–H and O–H groups in total. The molecule has 152 valence electrons. The summed E-state index contributed by atoms with van der Waals surface area (Å²) < 4.78 is 6.93. The van der Waals surface area contributed by atoms with Crippen molar-refractivity contribution < 1.29 is 9.53 Å². The molecule has 0 unspecified atom stereocenters. The summed E-state index contributed by atoms with van der Waals surface area (Å²) in [5.41, 5.74) is 7.42. The molecular weight excluding hydrogens is 386 g/mol. The molecule has 0 spiro atoms. The highest BCUT2D eigenvalue weighted by Crippen LogP contribution is 2.38. The molecule has 1 heterocycles. The van der Waals surface area contributed by atoms with Crippen LogP contribution in [0.4, 0.5) is 0 Å². The summed E-state index contributed by atoms with van der Waals surface area (Å²) in [5, 5.41) is 13.8. The highest BCUT2D eigenvalue weighted by Gasteiger charge is 2.22. The van der Waals surface area contributed by atoms with Crippen LogP contribution in [0.3, 0.4) is 0 Å². The minimum atomic E-state index is -0.379. The molecule has 1 aromatic heterocycles. The molecule has 0 saturated carbocycles. The third kappa shape index (κ3) is 3.60. The first-order valence-electron chi connectivity index (χ1n) is 9.89. The van der Waals surface area contributed by atoms with Crippen molar-refractivity contribution in [2.75, 3.05) is 7.11 Å². The van der Waals surface area contributed by atoms with Crippen LogP contribution in [0.5, 0.6) is 0 Å². The van der Waals surface area contributed by atoms with Crippen molar-refractivity contribution in [2.45, 2.75) is 13.8 Å². The predicted molar refractivity (Wildman–Crippen MR) is 120 cm³/mol. The Labute approximate surface area is 181 Å². The van der Waals surface area contributed by atoms with E-state index in [-0.39, 0.29) is 5.97 Å². The quantitative estimate of drug-likeness (QED) is 0.420. The highest BCUT2D eigenvalue weighted by atomic mass is 16.5. The number of carbonyl (C=O) groups excluding carboxylic acids is 1. The number of nitriles is 1. The summed E-state index contributed by atoms with van der Waals surface area (Å²) >= 11 is 0. The molecule has 4 rings (SSSR count). The van der Waals surface area contributed by atoms with Gasteiger partial charge < -0.3 is 4.74 Å². The molecule has 0 aliphatic carbocycles. The minimum absolute atomic E-state index is 0.379. The number of methoxy groups -OCH3 is 1. The van der Waals surface area contributed by atoms with Crippen LogP contribution in [0.2, 0.25) is 0 Å². The lowest BCUT2D eigenvalue weighted by Crippen LogP contribution is -2.05. The van der Waals surface area contributed by atoms with E-state index in [9.17, 15) is 4.79 Å². The fourth-order valence-electron chi connectivity index (χ4n) is 3.92. The topological polar surface area (TPSA) is 67.9 Å². The molecule has 0 radical (unpaired) electrons. The maximum Gasteiger partial charge on any atom is 0.338 e. The number of hydrogen-bond acceptors (Lipinski definition) is 4. The van der Waals surface area contributed by atoms with Crippen molar-refractivity contribution in [3.05, 3.63) is 95.3 Å². The van der Waals surface area contributed by atoms with Gasteiger partial charge in [0.2, 0.25) is 0 Å². The molecule has 0 aliphatic rings. The van der Waals surface area contributed by atoms with Gasteiger partial charge in [0.15, 0.2) is 0 Å². The van der Waals surface area contributed by atoms with Gasteiger partial charge in [-0.2, -0.15) is 10.4 Å². The number of ether oxygens (including phenoxy) is 1. The van der Waals surface area contributed by atoms with E-state index in [0.29, 0.717) is 11.1 Å². The lowest BCUT2D eigenvalue weighted by Gasteiger charge is -2.15. The monoisotopic (exact) mass is 407 g/mol. The largest absolute Gasteiger partial charge is 0.465 e. The van der Waals surface area contributed by atoms with Gasteiger partial charge in [-0.1, -0.05) is 42.5 Å². The third-order valence-corrected chi connectivity index (χ3v) is 5.33. The molecule has 0 bridgehead atoms. The normalized spacial score (nSPS) is 10.5. The average Bonchev–Trinajstić information content (AvgIpc) is 3.12. The molecule has 31 heavy (non-hydrogen) atoms. The molecule has 0 saturated heterocycles. The number of nitrogens with zero attached hydrogens (tertiary/aromatic N) is 3. The van der Waals surface area contributed by atoms with E-state index in [4.69, 9.17) is 15.1 Å². The fraction of sp³-hybridized carbons (Fsp3) is 0.115. The van der Waals surface area contributed by atoms with Crippen molar-refractivity contribution in [3.63, 3.8) is 0 Å². The van der Waals surface area contributed by atoms with Crippen molar-refractivity contribution in [3.8, 4) is 34.0 Å². The van der Waals surface area contributed by atoms with Crippen molar-refractivity contribution in [2.24, 2.45) is 0 Å². The van der Waals surface area contributed by atoms with Crippen LogP contribution in [0.15, 0.2) is 72.8 Å². The second-order valence-electron chi connectivity index (χ2n) is 7.20. The summed E-state index contributed by atoms with van der Waals surface area (Å²) in [6.07, 6.45) is 0.